The molecule has 0 unspecified atom stereocenters. The summed E-state index contributed by atoms with van der Waals surface area (Å²) in [4.78, 5) is 0. The average Bonchev–Trinajstić information content (AvgIpc) is 2.51. The number of hydrogen-bond donors (Lipinski definition) is 2. The lowest BCUT2D eigenvalue weighted by atomic mass is 10.2. The van der Waals surface area contributed by atoms with Gasteiger partial charge in [-0.3, -0.25) is 0 Å². The van der Waals surface area contributed by atoms with Gasteiger partial charge < -0.3 is 15.8 Å². The third-order valence-corrected chi connectivity index (χ3v) is 1.94. The van der Waals surface area contributed by atoms with Crippen LogP contribution in [0.5, 0.6) is 0 Å². The van der Waals surface area contributed by atoms with Gasteiger partial charge in [0.15, 0.2) is 5.82 Å². The molecule has 4 nitrogen and oxygen atoms in total. The Balaban J connectivity index is 2.74. The Hall–Kier alpha value is -0.840. The smallest absolute Gasteiger partial charge is 0.284 e. The van der Waals surface area contributed by atoms with Gasteiger partial charge >= 0.3 is 0 Å². The molecule has 0 aromatic rings. The summed E-state index contributed by atoms with van der Waals surface area (Å²) in [6.45, 7) is 3.76. The van der Waals surface area contributed by atoms with Crippen LogP contribution >= 0.6 is 0 Å². The second-order valence-electron chi connectivity index (χ2n) is 2.68. The van der Waals surface area contributed by atoms with Crippen molar-refractivity contribution < 1.29 is 4.11 Å². The molecule has 1 heterocycles. The van der Waals surface area contributed by atoms with E-state index < -0.39 is 0 Å². The van der Waals surface area contributed by atoms with Crippen molar-refractivity contribution in [2.45, 2.75) is 19.8 Å². The van der Waals surface area contributed by atoms with Gasteiger partial charge in [0.25, 0.3) is 12.4 Å². The van der Waals surface area contributed by atoms with Crippen LogP contribution in [0, 0.1) is 5.21 Å². The first-order valence-electron chi connectivity index (χ1n) is 4.11. The van der Waals surface area contributed by atoms with Gasteiger partial charge in [0.2, 0.25) is 5.70 Å². The van der Waals surface area contributed by atoms with Crippen molar-refractivity contribution in [3.05, 3.63) is 16.7 Å². The molecule has 0 atom stereocenters. The molecule has 1 saturated heterocycles. The van der Waals surface area contributed by atoms with Crippen molar-refractivity contribution in [1.29, 1.82) is 0 Å². The molecule has 2 N–H and O–H groups in total. The number of nitrogens with one attached hydrogen (secondary N) is 2. The molecular formula is C7H13N3OS. The van der Waals surface area contributed by atoms with Crippen LogP contribution in [0.4, 0.5) is 0 Å². The van der Waals surface area contributed by atoms with Gasteiger partial charge in [0, 0.05) is 19.5 Å². The van der Waals surface area contributed by atoms with E-state index in [1.54, 1.807) is 0 Å². The SMILES string of the molecule is CCCC(=C1NCCN1)[N+]([O-])=S. The number of hydrogen-bond acceptors (Lipinski definition) is 4. The first-order valence-corrected chi connectivity index (χ1v) is 4.47. The standard InChI is InChI=1S/C7H13N3OS/c1-2-3-6(10(11)12)7-8-4-5-9-7/h8-9H,2-5H2,1H3. The molecule has 0 aromatic carbocycles. The quantitative estimate of drug-likeness (QED) is 0.495. The predicted octanol–water partition coefficient (Wildman–Crippen LogP) is 0.389. The number of rotatable bonds is 3. The summed E-state index contributed by atoms with van der Waals surface area (Å²) >= 11 is 4.54. The lowest BCUT2D eigenvalue weighted by Gasteiger charge is -2.05. The maximum Gasteiger partial charge on any atom is 0.284 e. The highest BCUT2D eigenvalue weighted by molar-refractivity contribution is 7.44. The molecule has 0 aromatic heterocycles. The van der Waals surface area contributed by atoms with E-state index in [9.17, 15) is 5.21 Å². The van der Waals surface area contributed by atoms with Gasteiger partial charge in [-0.2, -0.15) is 0 Å². The van der Waals surface area contributed by atoms with E-state index in [4.69, 9.17) is 0 Å². The van der Waals surface area contributed by atoms with Crippen LogP contribution in [-0.2, 0) is 12.4 Å². The summed E-state index contributed by atoms with van der Waals surface area (Å²) in [5, 5.41) is 17.1. The molecule has 1 aliphatic heterocycles. The highest BCUT2D eigenvalue weighted by Crippen LogP contribution is 2.09. The van der Waals surface area contributed by atoms with Crippen LogP contribution in [0.15, 0.2) is 11.5 Å². The van der Waals surface area contributed by atoms with Gasteiger partial charge in [-0.15, -0.1) is 0 Å². The summed E-state index contributed by atoms with van der Waals surface area (Å²) in [7, 11) is 0. The molecule has 0 radical (unpaired) electrons. The van der Waals surface area contributed by atoms with Crippen LogP contribution in [0.3, 0.4) is 0 Å². The summed E-state index contributed by atoms with van der Waals surface area (Å²) in [6.07, 6.45) is 1.65. The zero-order valence-corrected chi connectivity index (χ0v) is 7.91. The molecule has 1 aliphatic rings. The van der Waals surface area contributed by atoms with E-state index in [2.05, 4.69) is 23.1 Å². The van der Waals surface area contributed by atoms with E-state index in [1.165, 1.54) is 0 Å². The zero-order valence-electron chi connectivity index (χ0n) is 7.09. The monoisotopic (exact) mass is 187 g/mol. The maximum absolute atomic E-state index is 10.9. The lowest BCUT2D eigenvalue weighted by Crippen LogP contribution is -2.17. The van der Waals surface area contributed by atoms with E-state index in [1.807, 2.05) is 6.92 Å². The van der Waals surface area contributed by atoms with E-state index >= 15 is 0 Å². The Bertz CT molecular complexity index is 207. The Morgan fingerprint density at radius 2 is 2.17 bits per heavy atom. The minimum absolute atomic E-state index is 0.518. The van der Waals surface area contributed by atoms with Crippen molar-refractivity contribution in [1.82, 2.24) is 10.6 Å². The Morgan fingerprint density at radius 1 is 1.58 bits per heavy atom. The van der Waals surface area contributed by atoms with Crippen LogP contribution in [-0.4, -0.2) is 17.2 Å². The molecule has 1 fully saturated rings. The summed E-state index contributed by atoms with van der Waals surface area (Å²) in [6, 6.07) is 0. The maximum atomic E-state index is 10.9. The molecule has 1 rings (SSSR count). The molecule has 0 saturated carbocycles. The fraction of sp³-hybridized carbons (Fsp3) is 0.714. The molecule has 0 bridgehead atoms. The van der Waals surface area contributed by atoms with Crippen molar-refractivity contribution in [3.63, 3.8) is 0 Å². The summed E-state index contributed by atoms with van der Waals surface area (Å²) in [5.74, 6) is 0.807. The molecule has 0 amide bonds. The fourth-order valence-corrected chi connectivity index (χ4v) is 1.37. The van der Waals surface area contributed by atoms with Crippen LogP contribution in [0.2, 0.25) is 0 Å². The summed E-state index contributed by atoms with van der Waals surface area (Å²) < 4.78 is 0.518. The first-order chi connectivity index (χ1) is 5.75. The van der Waals surface area contributed by atoms with E-state index in [-0.39, 0.29) is 0 Å². The van der Waals surface area contributed by atoms with Gasteiger partial charge in [-0.05, 0) is 6.42 Å². The molecule has 68 valence electrons. The minimum Gasteiger partial charge on any atom is -0.605 e. The number of nitrogens with zero attached hydrogens (tertiary/aromatic N) is 1. The van der Waals surface area contributed by atoms with Gasteiger partial charge in [0.1, 0.15) is 0 Å². The fourth-order valence-electron chi connectivity index (χ4n) is 1.19. The molecule has 0 aliphatic carbocycles. The van der Waals surface area contributed by atoms with Crippen molar-refractivity contribution >= 4 is 12.4 Å². The van der Waals surface area contributed by atoms with Gasteiger partial charge in [-0.1, -0.05) is 11.0 Å². The number of hydroxylamine groups is 1. The Morgan fingerprint density at radius 3 is 2.58 bits per heavy atom. The van der Waals surface area contributed by atoms with E-state index in [0.717, 1.165) is 31.8 Å². The van der Waals surface area contributed by atoms with E-state index in [0.29, 0.717) is 9.81 Å². The molecule has 12 heavy (non-hydrogen) atoms. The second-order valence-corrected chi connectivity index (χ2v) is 3.01. The predicted molar refractivity (Wildman–Crippen MR) is 48.9 cm³/mol. The average molecular weight is 187 g/mol. The second kappa shape index (κ2) is 4.25. The molecule has 5 heteroatoms. The highest BCUT2D eigenvalue weighted by atomic mass is 32.1. The number of allylic oxidation sites excluding steroid dienone is 1. The molecule has 0 spiro atoms. The third kappa shape index (κ3) is 2.07. The first kappa shape index (κ1) is 9.25. The van der Waals surface area contributed by atoms with Crippen molar-refractivity contribution in [2.24, 2.45) is 0 Å². The van der Waals surface area contributed by atoms with Gasteiger partial charge in [-0.25, -0.2) is 0 Å². The van der Waals surface area contributed by atoms with Crippen molar-refractivity contribution in [2.75, 3.05) is 13.1 Å². The lowest BCUT2D eigenvalue weighted by molar-refractivity contribution is -0.373. The zero-order chi connectivity index (χ0) is 8.97. The van der Waals surface area contributed by atoms with Crippen LogP contribution in [0.1, 0.15) is 19.8 Å². The summed E-state index contributed by atoms with van der Waals surface area (Å²) in [5.41, 5.74) is 0.644. The normalized spacial score (nSPS) is 15.2. The van der Waals surface area contributed by atoms with Crippen molar-refractivity contribution in [3.8, 4) is 0 Å². The largest absolute Gasteiger partial charge is 0.605 e. The minimum atomic E-state index is 0.518. The van der Waals surface area contributed by atoms with Gasteiger partial charge in [0.05, 0.1) is 0 Å². The Labute approximate surface area is 77.4 Å². The third-order valence-electron chi connectivity index (χ3n) is 1.72. The Kier molecular flexibility index (Phi) is 3.28. The highest BCUT2D eigenvalue weighted by Gasteiger charge is 2.17. The van der Waals surface area contributed by atoms with Crippen LogP contribution in [0.25, 0.3) is 0 Å². The topological polar surface area (TPSA) is 50.1 Å². The molecular weight excluding hydrogens is 174 g/mol. The van der Waals surface area contributed by atoms with Crippen LogP contribution < -0.4 is 10.6 Å².